The van der Waals surface area contributed by atoms with Gasteiger partial charge in [-0.15, -0.1) is 15.3 Å². The molecule has 7 rings (SSSR count). The lowest BCUT2D eigenvalue weighted by Gasteiger charge is -2.33. The van der Waals surface area contributed by atoms with Crippen molar-refractivity contribution in [3.05, 3.63) is 65.0 Å². The number of aryl methyl sites for hydroxylation is 2. The molecule has 9 nitrogen and oxygen atoms in total. The van der Waals surface area contributed by atoms with Crippen LogP contribution in [0.15, 0.2) is 42.6 Å². The first kappa shape index (κ1) is 22.4. The summed E-state index contributed by atoms with van der Waals surface area (Å²) < 4.78 is 1.56. The van der Waals surface area contributed by atoms with Gasteiger partial charge in [-0.2, -0.15) is 9.67 Å². The fourth-order valence-electron chi connectivity index (χ4n) is 6.15. The van der Waals surface area contributed by atoms with Crippen LogP contribution in [0.3, 0.4) is 0 Å². The molecular weight excluding hydrogens is 462 g/mol. The smallest absolute Gasteiger partial charge is 0.248 e. The fraction of sp³-hybridized carbons (Fsp3) is 0.393. The van der Waals surface area contributed by atoms with Crippen molar-refractivity contribution in [2.24, 2.45) is 0 Å². The summed E-state index contributed by atoms with van der Waals surface area (Å²) in [5.74, 6) is 1.26. The van der Waals surface area contributed by atoms with Gasteiger partial charge in [0.25, 0.3) is 0 Å². The first-order valence-corrected chi connectivity index (χ1v) is 13.4. The molecule has 2 aliphatic carbocycles. The maximum Gasteiger partial charge on any atom is 0.248 e. The molecule has 0 amide bonds. The normalized spacial score (nSPS) is 17.6. The number of pyridine rings is 1. The van der Waals surface area contributed by atoms with E-state index in [4.69, 9.17) is 10.7 Å². The lowest BCUT2D eigenvalue weighted by Crippen LogP contribution is -2.38. The lowest BCUT2D eigenvalue weighted by molar-refractivity contribution is 0.179. The molecule has 3 aromatic heterocycles. The van der Waals surface area contributed by atoms with E-state index in [9.17, 15) is 0 Å². The van der Waals surface area contributed by atoms with Crippen molar-refractivity contribution in [2.75, 3.05) is 17.6 Å². The average molecular weight is 494 g/mol. The van der Waals surface area contributed by atoms with Crippen molar-refractivity contribution in [3.8, 4) is 17.1 Å². The zero-order chi connectivity index (χ0) is 24.8. The topological polar surface area (TPSA) is 111 Å². The number of benzene rings is 1. The van der Waals surface area contributed by atoms with Crippen molar-refractivity contribution in [1.29, 1.82) is 0 Å². The predicted octanol–water partition coefficient (Wildman–Crippen LogP) is 4.23. The first-order chi connectivity index (χ1) is 18.2. The Labute approximate surface area is 216 Å². The van der Waals surface area contributed by atoms with Crippen LogP contribution in [0.5, 0.6) is 0 Å². The van der Waals surface area contributed by atoms with E-state index >= 15 is 0 Å². The second kappa shape index (κ2) is 9.23. The molecule has 1 aliphatic heterocycles. The van der Waals surface area contributed by atoms with Crippen molar-refractivity contribution >= 4 is 17.6 Å². The van der Waals surface area contributed by atoms with E-state index in [2.05, 4.69) is 60.8 Å². The zero-order valence-electron chi connectivity index (χ0n) is 20.9. The van der Waals surface area contributed by atoms with Crippen LogP contribution in [0.25, 0.3) is 17.1 Å². The minimum atomic E-state index is 0.268. The van der Waals surface area contributed by atoms with Gasteiger partial charge in [-0.3, -0.25) is 9.88 Å². The molecule has 1 aromatic carbocycles. The Hall–Kier alpha value is -3.85. The van der Waals surface area contributed by atoms with E-state index in [-0.39, 0.29) is 5.95 Å². The molecule has 0 spiro atoms. The van der Waals surface area contributed by atoms with E-state index < -0.39 is 0 Å². The molecule has 37 heavy (non-hydrogen) atoms. The van der Waals surface area contributed by atoms with Crippen LogP contribution in [0.2, 0.25) is 0 Å². The zero-order valence-corrected chi connectivity index (χ0v) is 20.9. The molecule has 3 aliphatic rings. The van der Waals surface area contributed by atoms with Gasteiger partial charge in [0.15, 0.2) is 5.82 Å². The highest BCUT2D eigenvalue weighted by atomic mass is 15.4. The molecule has 188 valence electrons. The molecule has 0 atom stereocenters. The lowest BCUT2D eigenvalue weighted by atomic mass is 10.0. The van der Waals surface area contributed by atoms with Crippen LogP contribution in [-0.2, 0) is 25.8 Å². The van der Waals surface area contributed by atoms with Gasteiger partial charge in [-0.05, 0) is 60.9 Å². The third-order valence-electron chi connectivity index (χ3n) is 8.04. The van der Waals surface area contributed by atoms with E-state index in [1.807, 2.05) is 12.3 Å². The Morgan fingerprint density at radius 3 is 2.70 bits per heavy atom. The van der Waals surface area contributed by atoms with Crippen molar-refractivity contribution in [1.82, 2.24) is 34.8 Å². The number of rotatable bonds is 4. The molecule has 3 N–H and O–H groups in total. The number of anilines is 3. The average Bonchev–Trinajstić information content (AvgIpc) is 3.54. The summed E-state index contributed by atoms with van der Waals surface area (Å²) in [6, 6.07) is 13.4. The number of hydrogen-bond acceptors (Lipinski definition) is 8. The largest absolute Gasteiger partial charge is 0.368 e. The molecule has 4 heterocycles. The number of hydrogen-bond donors (Lipinski definition) is 2. The Balaban J connectivity index is 1.13. The van der Waals surface area contributed by atoms with Gasteiger partial charge >= 0.3 is 0 Å². The highest BCUT2D eigenvalue weighted by molar-refractivity contribution is 5.68. The van der Waals surface area contributed by atoms with Crippen LogP contribution in [0.1, 0.15) is 54.5 Å². The summed E-state index contributed by atoms with van der Waals surface area (Å²) in [7, 11) is 0. The SMILES string of the molecule is Nc1nc(Nc2cnc3c(c2)CN(C2CCCC2)CC3)nn1-c1cc2c(nn1)-c1ccccc1CCC2. The third-order valence-corrected chi connectivity index (χ3v) is 8.04. The van der Waals surface area contributed by atoms with Gasteiger partial charge in [0.2, 0.25) is 11.9 Å². The predicted molar refractivity (Wildman–Crippen MR) is 143 cm³/mol. The van der Waals surface area contributed by atoms with Crippen molar-refractivity contribution < 1.29 is 0 Å². The molecule has 0 bridgehead atoms. The number of nitrogens with one attached hydrogen (secondary N) is 1. The number of nitrogens with zero attached hydrogens (tertiary/aromatic N) is 7. The summed E-state index contributed by atoms with van der Waals surface area (Å²) >= 11 is 0. The molecule has 1 fully saturated rings. The van der Waals surface area contributed by atoms with Crippen molar-refractivity contribution in [2.45, 2.75) is 64.0 Å². The van der Waals surface area contributed by atoms with Crippen LogP contribution >= 0.6 is 0 Å². The van der Waals surface area contributed by atoms with Crippen LogP contribution in [-0.4, -0.2) is 47.4 Å². The van der Waals surface area contributed by atoms with Crippen LogP contribution in [0, 0.1) is 0 Å². The molecular formula is C28H31N9. The number of nitrogen functional groups attached to an aromatic ring is 1. The molecule has 0 radical (unpaired) electrons. The van der Waals surface area contributed by atoms with Crippen LogP contribution in [0.4, 0.5) is 17.6 Å². The van der Waals surface area contributed by atoms with E-state index in [1.54, 1.807) is 4.68 Å². The summed E-state index contributed by atoms with van der Waals surface area (Å²) in [6.45, 7) is 2.06. The van der Waals surface area contributed by atoms with Crippen molar-refractivity contribution in [3.63, 3.8) is 0 Å². The molecule has 9 heteroatoms. The maximum absolute atomic E-state index is 6.27. The molecule has 0 unspecified atom stereocenters. The minimum absolute atomic E-state index is 0.268. The van der Waals surface area contributed by atoms with Gasteiger partial charge in [-0.25, -0.2) is 0 Å². The quantitative estimate of drug-likeness (QED) is 0.434. The molecule has 0 saturated heterocycles. The number of nitrogens with two attached hydrogens (primary N) is 1. The van der Waals surface area contributed by atoms with Gasteiger partial charge in [0.05, 0.1) is 17.6 Å². The monoisotopic (exact) mass is 493 g/mol. The standard InChI is InChI=1S/C28H31N9/c29-27-32-28(31-21-14-20-17-36(22-9-2-3-10-22)13-12-24(20)30-16-21)35-37(27)25-15-19-8-5-7-18-6-1-4-11-23(18)26(19)34-33-25/h1,4,6,11,14-16,22H,2-3,5,7-10,12-13,17H2,(H3,29,31,32,35). The maximum atomic E-state index is 6.27. The van der Waals surface area contributed by atoms with Gasteiger partial charge in [-0.1, -0.05) is 37.1 Å². The highest BCUT2D eigenvalue weighted by Crippen LogP contribution is 2.32. The molecule has 1 saturated carbocycles. The van der Waals surface area contributed by atoms with Crippen LogP contribution < -0.4 is 11.1 Å². The second-order valence-corrected chi connectivity index (χ2v) is 10.4. The second-order valence-electron chi connectivity index (χ2n) is 10.4. The van der Waals surface area contributed by atoms with E-state index in [0.29, 0.717) is 11.8 Å². The fourth-order valence-corrected chi connectivity index (χ4v) is 6.15. The third kappa shape index (κ3) is 4.23. The Kier molecular flexibility index (Phi) is 5.57. The summed E-state index contributed by atoms with van der Waals surface area (Å²) in [5, 5.41) is 17.0. The Morgan fingerprint density at radius 1 is 0.919 bits per heavy atom. The summed E-state index contributed by atoms with van der Waals surface area (Å²) in [4.78, 5) is 11.8. The first-order valence-electron chi connectivity index (χ1n) is 13.4. The number of aromatic nitrogens is 6. The van der Waals surface area contributed by atoms with Gasteiger partial charge in [0, 0.05) is 36.8 Å². The Bertz CT molecular complexity index is 1450. The van der Waals surface area contributed by atoms with Gasteiger partial charge in [0.1, 0.15) is 0 Å². The minimum Gasteiger partial charge on any atom is -0.368 e. The number of fused-ring (bicyclic) bond motifs is 4. The van der Waals surface area contributed by atoms with E-state index in [0.717, 1.165) is 67.3 Å². The van der Waals surface area contributed by atoms with E-state index in [1.165, 1.54) is 42.5 Å². The summed E-state index contributed by atoms with van der Waals surface area (Å²) in [6.07, 6.45) is 11.3. The highest BCUT2D eigenvalue weighted by Gasteiger charge is 2.27. The molecule has 4 aromatic rings. The summed E-state index contributed by atoms with van der Waals surface area (Å²) in [5.41, 5.74) is 14.2. The Morgan fingerprint density at radius 2 is 1.78 bits per heavy atom. The van der Waals surface area contributed by atoms with Gasteiger partial charge < -0.3 is 11.1 Å².